The van der Waals surface area contributed by atoms with Crippen molar-refractivity contribution in [2.45, 2.75) is 36.1 Å². The van der Waals surface area contributed by atoms with Crippen molar-refractivity contribution in [2.24, 2.45) is 0 Å². The van der Waals surface area contributed by atoms with Crippen molar-refractivity contribution < 1.29 is 32.2 Å². The van der Waals surface area contributed by atoms with E-state index in [1.807, 2.05) is 6.92 Å². The molecule has 1 atom stereocenters. The van der Waals surface area contributed by atoms with Gasteiger partial charge in [-0.3, -0.25) is 10.1 Å². The van der Waals surface area contributed by atoms with Gasteiger partial charge in [-0.05, 0) is 50.1 Å². The van der Waals surface area contributed by atoms with Gasteiger partial charge in [0, 0.05) is 24.8 Å². The van der Waals surface area contributed by atoms with Gasteiger partial charge in [0.25, 0.3) is 5.91 Å². The maximum absolute atomic E-state index is 13.2. The third kappa shape index (κ3) is 6.27. The summed E-state index contributed by atoms with van der Waals surface area (Å²) < 4.78 is 47.0. The van der Waals surface area contributed by atoms with Crippen molar-refractivity contribution in [3.8, 4) is 23.1 Å². The molecule has 0 unspecified atom stereocenters. The lowest BCUT2D eigenvalue weighted by Crippen LogP contribution is -2.18. The number of anilines is 1. The number of rotatable bonds is 11. The number of benzene rings is 1. The van der Waals surface area contributed by atoms with Crippen LogP contribution in [-0.2, 0) is 14.6 Å². The molecule has 1 aromatic carbocycles. The summed E-state index contributed by atoms with van der Waals surface area (Å²) in [5.74, 6) is 1.02. The number of fused-ring (bicyclic) bond motifs is 1. The van der Waals surface area contributed by atoms with Crippen molar-refractivity contribution in [1.29, 1.82) is 0 Å². The van der Waals surface area contributed by atoms with Gasteiger partial charge in [-0.25, -0.2) is 23.4 Å². The molecule has 39 heavy (non-hydrogen) atoms. The standard InChI is InChI=1S/C26H26N4O7S2/c1-15(14-34-2)36-18-10-16(24(31)30-26-28-21-7-8-22(35-3)29-25(21)38-26)11-19(12-18)37-17-4-9-23(27-13-17)39(32,33)20-5-6-20/h4,7-13,15,20H,5-6,14H2,1-3H3,(H,28,30,31)/t15-/m0/s1. The molecule has 1 N–H and O–H groups in total. The van der Waals surface area contributed by atoms with Crippen LogP contribution in [0.1, 0.15) is 30.1 Å². The zero-order valence-corrected chi connectivity index (χ0v) is 23.0. The van der Waals surface area contributed by atoms with E-state index < -0.39 is 15.7 Å². The number of pyridine rings is 2. The zero-order valence-electron chi connectivity index (χ0n) is 21.4. The minimum absolute atomic E-state index is 0.0193. The first kappa shape index (κ1) is 26.8. The number of amides is 1. The summed E-state index contributed by atoms with van der Waals surface area (Å²) in [5.41, 5.74) is 0.892. The summed E-state index contributed by atoms with van der Waals surface area (Å²) in [4.78, 5) is 26.7. The average Bonchev–Trinajstić information content (AvgIpc) is 3.70. The molecule has 1 aliphatic rings. The highest BCUT2D eigenvalue weighted by molar-refractivity contribution is 7.92. The Bertz CT molecular complexity index is 1600. The topological polar surface area (TPSA) is 139 Å². The second-order valence-electron chi connectivity index (χ2n) is 8.91. The average molecular weight is 571 g/mol. The first-order valence-corrected chi connectivity index (χ1v) is 14.4. The maximum atomic E-state index is 13.2. The van der Waals surface area contributed by atoms with Crippen LogP contribution in [0, 0.1) is 0 Å². The monoisotopic (exact) mass is 570 g/mol. The fraction of sp³-hybridized carbons (Fsp3) is 0.308. The molecule has 5 rings (SSSR count). The largest absolute Gasteiger partial charge is 0.488 e. The molecular formula is C26H26N4O7S2. The third-order valence-corrected chi connectivity index (χ3v) is 8.79. The number of carbonyl (C=O) groups excluding carboxylic acids is 1. The number of hydrogen-bond donors (Lipinski definition) is 1. The summed E-state index contributed by atoms with van der Waals surface area (Å²) >= 11 is 1.22. The van der Waals surface area contributed by atoms with Gasteiger partial charge in [0.15, 0.2) is 20.0 Å². The Hall–Kier alpha value is -3.81. The molecule has 0 bridgehead atoms. The lowest BCUT2D eigenvalue weighted by Gasteiger charge is -2.16. The molecule has 11 nitrogen and oxygen atoms in total. The molecule has 1 aliphatic carbocycles. The Morgan fingerprint density at radius 2 is 1.87 bits per heavy atom. The Balaban J connectivity index is 1.39. The summed E-state index contributed by atoms with van der Waals surface area (Å²) in [6.45, 7) is 2.18. The Labute approximate surface area is 229 Å². The van der Waals surface area contributed by atoms with E-state index in [2.05, 4.69) is 20.3 Å². The van der Waals surface area contributed by atoms with Crippen LogP contribution in [0.15, 0.2) is 53.7 Å². The second-order valence-corrected chi connectivity index (χ2v) is 12.1. The quantitative estimate of drug-likeness (QED) is 0.274. The van der Waals surface area contributed by atoms with E-state index in [1.165, 1.54) is 36.8 Å². The molecule has 0 radical (unpaired) electrons. The number of methoxy groups -OCH3 is 2. The predicted octanol–water partition coefficient (Wildman–Crippen LogP) is 4.49. The van der Waals surface area contributed by atoms with Crippen LogP contribution in [0.5, 0.6) is 23.1 Å². The van der Waals surface area contributed by atoms with Crippen LogP contribution in [0.2, 0.25) is 0 Å². The summed E-state index contributed by atoms with van der Waals surface area (Å²) in [6, 6.07) is 11.2. The summed E-state index contributed by atoms with van der Waals surface area (Å²) in [7, 11) is -0.312. The number of hydrogen-bond acceptors (Lipinski definition) is 11. The van der Waals surface area contributed by atoms with E-state index >= 15 is 0 Å². The first-order valence-electron chi connectivity index (χ1n) is 12.1. The summed E-state index contributed by atoms with van der Waals surface area (Å²) in [6.07, 6.45) is 2.37. The lowest BCUT2D eigenvalue weighted by atomic mass is 10.2. The van der Waals surface area contributed by atoms with E-state index in [9.17, 15) is 13.2 Å². The van der Waals surface area contributed by atoms with Gasteiger partial charge in [0.2, 0.25) is 5.88 Å². The second kappa shape index (κ2) is 11.1. The van der Waals surface area contributed by atoms with Crippen LogP contribution in [-0.4, -0.2) is 61.5 Å². The molecule has 4 aromatic rings. The highest BCUT2D eigenvalue weighted by atomic mass is 32.2. The van der Waals surface area contributed by atoms with Crippen LogP contribution in [0.4, 0.5) is 5.13 Å². The van der Waals surface area contributed by atoms with Crippen molar-refractivity contribution in [1.82, 2.24) is 15.0 Å². The molecule has 0 saturated heterocycles. The minimum Gasteiger partial charge on any atom is -0.488 e. The molecule has 1 amide bonds. The Morgan fingerprint density at radius 3 is 2.56 bits per heavy atom. The fourth-order valence-electron chi connectivity index (χ4n) is 3.75. The molecule has 3 heterocycles. The Morgan fingerprint density at radius 1 is 1.08 bits per heavy atom. The Kier molecular flexibility index (Phi) is 7.64. The smallest absolute Gasteiger partial charge is 0.257 e. The van der Waals surface area contributed by atoms with E-state index in [0.29, 0.717) is 58.1 Å². The molecule has 1 saturated carbocycles. The van der Waals surface area contributed by atoms with Crippen molar-refractivity contribution in [3.05, 3.63) is 54.2 Å². The third-order valence-electron chi connectivity index (χ3n) is 5.74. The lowest BCUT2D eigenvalue weighted by molar-refractivity contribution is 0.0916. The van der Waals surface area contributed by atoms with Gasteiger partial charge in [-0.1, -0.05) is 11.3 Å². The van der Waals surface area contributed by atoms with Crippen molar-refractivity contribution >= 4 is 42.6 Å². The molecule has 0 aliphatic heterocycles. The normalized spacial score (nSPS) is 14.1. The molecule has 0 spiro atoms. The molecular weight excluding hydrogens is 544 g/mol. The molecule has 13 heteroatoms. The van der Waals surface area contributed by atoms with E-state index in [-0.39, 0.29) is 21.9 Å². The van der Waals surface area contributed by atoms with Gasteiger partial charge in [-0.15, -0.1) is 0 Å². The number of nitrogens with one attached hydrogen (secondary N) is 1. The van der Waals surface area contributed by atoms with E-state index in [1.54, 1.807) is 37.4 Å². The first-order chi connectivity index (χ1) is 18.7. The number of sulfone groups is 1. The molecule has 204 valence electrons. The number of ether oxygens (including phenoxy) is 4. The molecule has 3 aromatic heterocycles. The minimum atomic E-state index is -3.41. The van der Waals surface area contributed by atoms with Gasteiger partial charge in [0.1, 0.15) is 33.7 Å². The zero-order chi connectivity index (χ0) is 27.6. The predicted molar refractivity (Wildman–Crippen MR) is 145 cm³/mol. The van der Waals surface area contributed by atoms with E-state index in [0.717, 1.165) is 0 Å². The van der Waals surface area contributed by atoms with Crippen LogP contribution in [0.25, 0.3) is 10.3 Å². The SMILES string of the molecule is COC[C@H](C)Oc1cc(Oc2ccc(S(=O)(=O)C3CC3)nc2)cc(C(=O)Nc2nc3ccc(OC)nc3s2)c1. The summed E-state index contributed by atoms with van der Waals surface area (Å²) in [5, 5.41) is 2.83. The number of thiazole rings is 1. The van der Waals surface area contributed by atoms with Gasteiger partial charge in [0.05, 0.1) is 25.2 Å². The van der Waals surface area contributed by atoms with Crippen LogP contribution in [0.3, 0.4) is 0 Å². The number of carbonyl (C=O) groups is 1. The van der Waals surface area contributed by atoms with Gasteiger partial charge < -0.3 is 18.9 Å². The highest BCUT2D eigenvalue weighted by Crippen LogP contribution is 2.34. The van der Waals surface area contributed by atoms with Gasteiger partial charge >= 0.3 is 0 Å². The van der Waals surface area contributed by atoms with Crippen molar-refractivity contribution in [3.63, 3.8) is 0 Å². The number of aromatic nitrogens is 3. The van der Waals surface area contributed by atoms with Gasteiger partial charge in [-0.2, -0.15) is 0 Å². The fourth-order valence-corrected chi connectivity index (χ4v) is 6.13. The van der Waals surface area contributed by atoms with Crippen molar-refractivity contribution in [2.75, 3.05) is 26.1 Å². The number of nitrogens with zero attached hydrogens (tertiary/aromatic N) is 3. The van der Waals surface area contributed by atoms with Crippen LogP contribution >= 0.6 is 11.3 Å². The highest BCUT2D eigenvalue weighted by Gasteiger charge is 2.37. The maximum Gasteiger partial charge on any atom is 0.257 e. The molecule has 1 fully saturated rings. The van der Waals surface area contributed by atoms with E-state index in [4.69, 9.17) is 18.9 Å². The van der Waals surface area contributed by atoms with Crippen LogP contribution < -0.4 is 19.5 Å².